The molecule has 1 fully saturated rings. The van der Waals surface area contributed by atoms with Gasteiger partial charge in [0.15, 0.2) is 0 Å². The second kappa shape index (κ2) is 5.25. The van der Waals surface area contributed by atoms with Crippen molar-refractivity contribution in [2.45, 2.75) is 51.7 Å². The molecule has 2 heterocycles. The van der Waals surface area contributed by atoms with Gasteiger partial charge in [-0.1, -0.05) is 0 Å². The summed E-state index contributed by atoms with van der Waals surface area (Å²) in [6.07, 6.45) is 4.60. The highest BCUT2D eigenvalue weighted by molar-refractivity contribution is 7.11. The summed E-state index contributed by atoms with van der Waals surface area (Å²) in [7, 11) is 0. The fraction of sp³-hybridized carbons (Fsp3) is 0.750. The molecule has 4 heteroatoms. The maximum Gasteiger partial charge on any atom is 0.0946 e. The molecule has 0 amide bonds. The van der Waals surface area contributed by atoms with Crippen molar-refractivity contribution in [1.82, 2.24) is 4.98 Å². The molecule has 0 spiro atoms. The lowest BCUT2D eigenvalue weighted by Gasteiger charge is -2.14. The number of ether oxygens (including phenoxy) is 1. The average Bonchev–Trinajstić information content (AvgIpc) is 2.78. The molecule has 1 saturated heterocycles. The van der Waals surface area contributed by atoms with Gasteiger partial charge in [-0.2, -0.15) is 0 Å². The van der Waals surface area contributed by atoms with Gasteiger partial charge in [-0.25, -0.2) is 4.98 Å². The van der Waals surface area contributed by atoms with Crippen LogP contribution in [0.4, 0.5) is 0 Å². The van der Waals surface area contributed by atoms with Gasteiger partial charge in [0.2, 0.25) is 0 Å². The molecule has 1 aromatic heterocycles. The lowest BCUT2D eigenvalue weighted by molar-refractivity contribution is 0.0983. The molecule has 2 rings (SSSR count). The molecule has 90 valence electrons. The topological polar surface area (TPSA) is 48.1 Å². The number of hydrogen-bond acceptors (Lipinski definition) is 4. The maximum absolute atomic E-state index is 6.13. The van der Waals surface area contributed by atoms with Crippen LogP contribution in [0.15, 0.2) is 0 Å². The molecule has 2 atom stereocenters. The molecule has 2 unspecified atom stereocenters. The van der Waals surface area contributed by atoms with E-state index < -0.39 is 0 Å². The number of rotatable bonds is 4. The van der Waals surface area contributed by atoms with Crippen molar-refractivity contribution in [2.24, 2.45) is 5.73 Å². The molecule has 2 N–H and O–H groups in total. The van der Waals surface area contributed by atoms with Crippen molar-refractivity contribution in [1.29, 1.82) is 0 Å². The Labute approximate surface area is 101 Å². The first-order valence-electron chi connectivity index (χ1n) is 5.95. The molecule has 0 saturated carbocycles. The standard InChI is InChI=1S/C12H20N2OS/c1-8-9(2)16-12(14-8)7-10(13)6-11-4-3-5-15-11/h10-11H,3-7,13H2,1-2H3. The van der Waals surface area contributed by atoms with Gasteiger partial charge in [0.1, 0.15) is 0 Å². The third-order valence-electron chi connectivity index (χ3n) is 3.10. The minimum absolute atomic E-state index is 0.188. The van der Waals surface area contributed by atoms with E-state index in [-0.39, 0.29) is 6.04 Å². The van der Waals surface area contributed by atoms with Gasteiger partial charge in [-0.3, -0.25) is 0 Å². The van der Waals surface area contributed by atoms with Gasteiger partial charge in [0.05, 0.1) is 16.8 Å². The minimum Gasteiger partial charge on any atom is -0.378 e. The highest BCUT2D eigenvalue weighted by Gasteiger charge is 2.19. The smallest absolute Gasteiger partial charge is 0.0946 e. The number of aryl methyl sites for hydroxylation is 2. The number of hydrogen-bond donors (Lipinski definition) is 1. The Balaban J connectivity index is 1.84. The Bertz CT molecular complexity index is 325. The first-order valence-corrected chi connectivity index (χ1v) is 6.77. The zero-order valence-electron chi connectivity index (χ0n) is 10.0. The molecular weight excluding hydrogens is 220 g/mol. The zero-order chi connectivity index (χ0) is 11.5. The predicted octanol–water partition coefficient (Wildman–Crippen LogP) is 2.20. The largest absolute Gasteiger partial charge is 0.378 e. The van der Waals surface area contributed by atoms with Crippen LogP contribution in [0.2, 0.25) is 0 Å². The van der Waals surface area contributed by atoms with Crippen LogP contribution in [0.3, 0.4) is 0 Å². The Morgan fingerprint density at radius 2 is 2.38 bits per heavy atom. The summed E-state index contributed by atoms with van der Waals surface area (Å²) in [5.74, 6) is 0. The van der Waals surface area contributed by atoms with Crippen molar-refractivity contribution < 1.29 is 4.74 Å². The fourth-order valence-electron chi connectivity index (χ4n) is 2.10. The second-order valence-corrected chi connectivity index (χ2v) is 5.87. The van der Waals surface area contributed by atoms with Crippen molar-refractivity contribution in [2.75, 3.05) is 6.61 Å². The summed E-state index contributed by atoms with van der Waals surface area (Å²) in [5, 5.41) is 1.17. The van der Waals surface area contributed by atoms with Crippen LogP contribution in [0, 0.1) is 13.8 Å². The van der Waals surface area contributed by atoms with Gasteiger partial charge in [-0.15, -0.1) is 11.3 Å². The zero-order valence-corrected chi connectivity index (χ0v) is 10.8. The molecule has 0 radical (unpaired) electrons. The number of nitrogens with two attached hydrogens (primary N) is 1. The predicted molar refractivity (Wildman–Crippen MR) is 66.9 cm³/mol. The third-order valence-corrected chi connectivity index (χ3v) is 4.19. The average molecular weight is 240 g/mol. The van der Waals surface area contributed by atoms with Crippen molar-refractivity contribution in [3.63, 3.8) is 0 Å². The monoisotopic (exact) mass is 240 g/mol. The normalized spacial score (nSPS) is 22.6. The van der Waals surface area contributed by atoms with Crippen LogP contribution in [0.1, 0.15) is 34.8 Å². The lowest BCUT2D eigenvalue weighted by Crippen LogP contribution is -2.28. The van der Waals surface area contributed by atoms with E-state index in [2.05, 4.69) is 18.8 Å². The van der Waals surface area contributed by atoms with Gasteiger partial charge < -0.3 is 10.5 Å². The van der Waals surface area contributed by atoms with E-state index in [1.165, 1.54) is 22.7 Å². The maximum atomic E-state index is 6.13. The van der Waals surface area contributed by atoms with Crippen molar-refractivity contribution >= 4 is 11.3 Å². The molecule has 16 heavy (non-hydrogen) atoms. The van der Waals surface area contributed by atoms with E-state index in [1.54, 1.807) is 11.3 Å². The van der Waals surface area contributed by atoms with Crippen LogP contribution in [-0.4, -0.2) is 23.7 Å². The Kier molecular flexibility index (Phi) is 3.95. The minimum atomic E-state index is 0.188. The summed E-state index contributed by atoms with van der Waals surface area (Å²) in [4.78, 5) is 5.83. The van der Waals surface area contributed by atoms with Gasteiger partial charge in [-0.05, 0) is 33.1 Å². The van der Waals surface area contributed by atoms with E-state index in [0.717, 1.165) is 25.1 Å². The van der Waals surface area contributed by atoms with Crippen LogP contribution in [-0.2, 0) is 11.2 Å². The Hall–Kier alpha value is -0.450. The first-order chi connectivity index (χ1) is 7.65. The highest BCUT2D eigenvalue weighted by atomic mass is 32.1. The molecule has 0 bridgehead atoms. The molecule has 1 aliphatic heterocycles. The van der Waals surface area contributed by atoms with Crippen molar-refractivity contribution in [3.8, 4) is 0 Å². The van der Waals surface area contributed by atoms with Gasteiger partial charge >= 0.3 is 0 Å². The molecule has 3 nitrogen and oxygen atoms in total. The third kappa shape index (κ3) is 3.03. The van der Waals surface area contributed by atoms with Crippen LogP contribution < -0.4 is 5.73 Å². The van der Waals surface area contributed by atoms with E-state index >= 15 is 0 Å². The summed E-state index contributed by atoms with van der Waals surface area (Å²) in [6, 6.07) is 0.188. The molecule has 1 aromatic rings. The molecular formula is C12H20N2OS. The molecule has 1 aliphatic rings. The van der Waals surface area contributed by atoms with Crippen LogP contribution >= 0.6 is 11.3 Å². The van der Waals surface area contributed by atoms with Gasteiger partial charge in [0, 0.05) is 23.9 Å². The Morgan fingerprint density at radius 1 is 1.56 bits per heavy atom. The van der Waals surface area contributed by atoms with Gasteiger partial charge in [0.25, 0.3) is 0 Å². The summed E-state index contributed by atoms with van der Waals surface area (Å²) < 4.78 is 5.59. The quantitative estimate of drug-likeness (QED) is 0.877. The van der Waals surface area contributed by atoms with E-state index in [4.69, 9.17) is 10.5 Å². The number of nitrogens with zero attached hydrogens (tertiary/aromatic N) is 1. The SMILES string of the molecule is Cc1nc(CC(N)CC2CCCO2)sc1C. The summed E-state index contributed by atoms with van der Waals surface area (Å²) in [6.45, 7) is 5.08. The van der Waals surface area contributed by atoms with Crippen LogP contribution in [0.25, 0.3) is 0 Å². The summed E-state index contributed by atoms with van der Waals surface area (Å²) in [5.41, 5.74) is 7.27. The molecule has 0 aliphatic carbocycles. The Morgan fingerprint density at radius 3 is 2.94 bits per heavy atom. The van der Waals surface area contributed by atoms with E-state index in [9.17, 15) is 0 Å². The lowest BCUT2D eigenvalue weighted by atomic mass is 10.1. The number of thiazole rings is 1. The fourth-order valence-corrected chi connectivity index (χ4v) is 3.13. The van der Waals surface area contributed by atoms with E-state index in [0.29, 0.717) is 6.10 Å². The summed E-state index contributed by atoms with van der Waals surface area (Å²) >= 11 is 1.77. The van der Waals surface area contributed by atoms with Crippen LogP contribution in [0.5, 0.6) is 0 Å². The first kappa shape index (κ1) is 12.0. The van der Waals surface area contributed by atoms with Crippen molar-refractivity contribution in [3.05, 3.63) is 15.6 Å². The molecule has 0 aromatic carbocycles. The second-order valence-electron chi connectivity index (χ2n) is 4.58. The number of aromatic nitrogens is 1. The highest BCUT2D eigenvalue weighted by Crippen LogP contribution is 2.21. The van der Waals surface area contributed by atoms with E-state index in [1.807, 2.05) is 0 Å².